The van der Waals surface area contributed by atoms with E-state index in [1.807, 2.05) is 53.9 Å². The molecular formula is C22H21BrN2O2S. The van der Waals surface area contributed by atoms with E-state index in [-0.39, 0.29) is 5.91 Å². The highest BCUT2D eigenvalue weighted by Crippen LogP contribution is 2.27. The summed E-state index contributed by atoms with van der Waals surface area (Å²) in [7, 11) is 0. The molecule has 0 aliphatic carbocycles. The van der Waals surface area contributed by atoms with Gasteiger partial charge >= 0.3 is 0 Å². The number of benzene rings is 2. The van der Waals surface area contributed by atoms with Crippen LogP contribution in [0.2, 0.25) is 0 Å². The van der Waals surface area contributed by atoms with Crippen LogP contribution in [0.3, 0.4) is 0 Å². The van der Waals surface area contributed by atoms with Crippen molar-refractivity contribution in [3.05, 3.63) is 70.0 Å². The van der Waals surface area contributed by atoms with Gasteiger partial charge in [0.1, 0.15) is 5.75 Å². The number of para-hydroxylation sites is 1. The van der Waals surface area contributed by atoms with Crippen LogP contribution in [-0.2, 0) is 4.79 Å². The van der Waals surface area contributed by atoms with E-state index in [9.17, 15) is 4.79 Å². The first-order chi connectivity index (χ1) is 13.7. The zero-order valence-electron chi connectivity index (χ0n) is 15.5. The van der Waals surface area contributed by atoms with Gasteiger partial charge in [-0.3, -0.25) is 10.1 Å². The first-order valence-electron chi connectivity index (χ1n) is 9.08. The molecule has 1 amide bonds. The Labute approximate surface area is 177 Å². The molecule has 6 heteroatoms. The predicted octanol–water partition coefficient (Wildman–Crippen LogP) is 6.40. The second-order valence-corrected chi connectivity index (χ2v) is 7.88. The Kier molecular flexibility index (Phi) is 7.39. The molecule has 0 atom stereocenters. The fraction of sp³-hybridized carbons (Fsp3) is 0.182. The predicted molar refractivity (Wildman–Crippen MR) is 120 cm³/mol. The number of nitrogens with zero attached hydrogens (tertiary/aromatic N) is 1. The highest BCUT2D eigenvalue weighted by molar-refractivity contribution is 9.10. The second kappa shape index (κ2) is 10.2. The average Bonchev–Trinajstić information content (AvgIpc) is 3.16. The summed E-state index contributed by atoms with van der Waals surface area (Å²) in [4.78, 5) is 16.8. The van der Waals surface area contributed by atoms with Crippen LogP contribution in [0.1, 0.15) is 25.3 Å². The molecule has 0 spiro atoms. The highest BCUT2D eigenvalue weighted by atomic mass is 79.9. The molecule has 1 heterocycles. The zero-order valence-corrected chi connectivity index (χ0v) is 17.9. The maximum atomic E-state index is 12.3. The summed E-state index contributed by atoms with van der Waals surface area (Å²) in [5.74, 6) is 0.560. The number of hydrogen-bond acceptors (Lipinski definition) is 4. The monoisotopic (exact) mass is 456 g/mol. The molecule has 3 rings (SSSR count). The quantitative estimate of drug-likeness (QED) is 0.314. The van der Waals surface area contributed by atoms with Crippen LogP contribution in [0.15, 0.2) is 64.5 Å². The van der Waals surface area contributed by atoms with Gasteiger partial charge in [-0.2, -0.15) is 0 Å². The smallest absolute Gasteiger partial charge is 0.250 e. The Morgan fingerprint density at radius 2 is 2.11 bits per heavy atom. The van der Waals surface area contributed by atoms with Crippen LogP contribution < -0.4 is 10.1 Å². The van der Waals surface area contributed by atoms with E-state index in [0.29, 0.717) is 11.7 Å². The number of anilines is 1. The highest BCUT2D eigenvalue weighted by Gasteiger charge is 2.07. The van der Waals surface area contributed by atoms with Gasteiger partial charge in [0.15, 0.2) is 5.13 Å². The number of aromatic nitrogens is 1. The average molecular weight is 457 g/mol. The molecular weight excluding hydrogens is 436 g/mol. The molecule has 1 N–H and O–H groups in total. The van der Waals surface area contributed by atoms with E-state index in [1.165, 1.54) is 17.4 Å². The summed E-state index contributed by atoms with van der Waals surface area (Å²) in [5, 5.41) is 5.31. The molecule has 0 fully saturated rings. The van der Waals surface area contributed by atoms with Gasteiger partial charge in [0.25, 0.3) is 0 Å². The van der Waals surface area contributed by atoms with Gasteiger partial charge in [0.05, 0.1) is 12.3 Å². The SMILES string of the molecule is CCCCOc1ccccc1C=CC(=O)Nc1nc(-c2cccc(Br)c2)cs1. The van der Waals surface area contributed by atoms with Crippen LogP contribution in [0, 0.1) is 0 Å². The summed E-state index contributed by atoms with van der Waals surface area (Å²) >= 11 is 4.86. The molecule has 2 aromatic carbocycles. The minimum absolute atomic E-state index is 0.224. The lowest BCUT2D eigenvalue weighted by molar-refractivity contribution is -0.111. The summed E-state index contributed by atoms with van der Waals surface area (Å²) in [6.45, 7) is 2.80. The third-order valence-electron chi connectivity index (χ3n) is 3.94. The molecule has 0 saturated heterocycles. The van der Waals surface area contributed by atoms with Crippen LogP contribution in [-0.4, -0.2) is 17.5 Å². The van der Waals surface area contributed by atoms with Crippen molar-refractivity contribution in [1.82, 2.24) is 4.98 Å². The minimum Gasteiger partial charge on any atom is -0.493 e. The van der Waals surface area contributed by atoms with Crippen molar-refractivity contribution in [2.24, 2.45) is 0 Å². The van der Waals surface area contributed by atoms with Crippen molar-refractivity contribution >= 4 is 44.4 Å². The number of carbonyl (C=O) groups is 1. The van der Waals surface area contributed by atoms with E-state index < -0.39 is 0 Å². The second-order valence-electron chi connectivity index (χ2n) is 6.11. The van der Waals surface area contributed by atoms with E-state index in [1.54, 1.807) is 6.08 Å². The molecule has 144 valence electrons. The molecule has 3 aromatic rings. The van der Waals surface area contributed by atoms with Gasteiger partial charge in [-0.1, -0.05) is 59.6 Å². The summed E-state index contributed by atoms with van der Waals surface area (Å²) < 4.78 is 6.78. The van der Waals surface area contributed by atoms with E-state index in [0.717, 1.165) is 39.9 Å². The van der Waals surface area contributed by atoms with Crippen molar-refractivity contribution in [1.29, 1.82) is 0 Å². The van der Waals surface area contributed by atoms with Crippen LogP contribution in [0.4, 0.5) is 5.13 Å². The van der Waals surface area contributed by atoms with Crippen molar-refractivity contribution in [3.63, 3.8) is 0 Å². The normalized spacial score (nSPS) is 10.9. The number of carbonyl (C=O) groups excluding carboxylic acids is 1. The molecule has 0 aliphatic heterocycles. The molecule has 28 heavy (non-hydrogen) atoms. The topological polar surface area (TPSA) is 51.2 Å². The number of thiazole rings is 1. The van der Waals surface area contributed by atoms with Gasteiger partial charge in [-0.25, -0.2) is 4.98 Å². The third-order valence-corrected chi connectivity index (χ3v) is 5.19. The molecule has 0 unspecified atom stereocenters. The molecule has 0 bridgehead atoms. The van der Waals surface area contributed by atoms with Crippen LogP contribution in [0.5, 0.6) is 5.75 Å². The first kappa shape index (κ1) is 20.3. The lowest BCUT2D eigenvalue weighted by atomic mass is 10.2. The van der Waals surface area contributed by atoms with Crippen LogP contribution in [0.25, 0.3) is 17.3 Å². The Hall–Kier alpha value is -2.44. The number of halogens is 1. The van der Waals surface area contributed by atoms with E-state index in [2.05, 4.69) is 33.2 Å². The van der Waals surface area contributed by atoms with Gasteiger partial charge in [0, 0.05) is 27.1 Å². The third kappa shape index (κ3) is 5.78. The first-order valence-corrected chi connectivity index (χ1v) is 10.8. The molecule has 0 aliphatic rings. The maximum Gasteiger partial charge on any atom is 0.250 e. The molecule has 0 saturated carbocycles. The van der Waals surface area contributed by atoms with Gasteiger partial charge in [-0.05, 0) is 30.7 Å². The fourth-order valence-electron chi connectivity index (χ4n) is 2.50. The standard InChI is InChI=1S/C22H21BrN2O2S/c1-2-3-13-27-20-10-5-4-7-16(20)11-12-21(26)25-22-24-19(15-28-22)17-8-6-9-18(23)14-17/h4-12,14-15H,2-3,13H2,1H3,(H,24,25,26). The lowest BCUT2D eigenvalue weighted by Gasteiger charge is -2.08. The van der Waals surface area contributed by atoms with E-state index in [4.69, 9.17) is 4.74 Å². The number of nitrogens with one attached hydrogen (secondary N) is 1. The number of hydrogen-bond donors (Lipinski definition) is 1. The maximum absolute atomic E-state index is 12.3. The minimum atomic E-state index is -0.224. The zero-order chi connectivity index (χ0) is 19.8. The Morgan fingerprint density at radius 1 is 1.25 bits per heavy atom. The fourth-order valence-corrected chi connectivity index (χ4v) is 3.62. The van der Waals surface area contributed by atoms with E-state index >= 15 is 0 Å². The summed E-state index contributed by atoms with van der Waals surface area (Å²) in [5.41, 5.74) is 2.71. The Morgan fingerprint density at radius 3 is 2.93 bits per heavy atom. The lowest BCUT2D eigenvalue weighted by Crippen LogP contribution is -2.07. The largest absolute Gasteiger partial charge is 0.493 e. The van der Waals surface area contributed by atoms with Crippen molar-refractivity contribution in [3.8, 4) is 17.0 Å². The number of rotatable bonds is 8. The molecule has 1 aromatic heterocycles. The van der Waals surface area contributed by atoms with Gasteiger partial charge in [0.2, 0.25) is 5.91 Å². The van der Waals surface area contributed by atoms with Crippen molar-refractivity contribution < 1.29 is 9.53 Å². The van der Waals surface area contributed by atoms with Gasteiger partial charge < -0.3 is 4.74 Å². The Bertz CT molecular complexity index is 968. The number of ether oxygens (including phenoxy) is 1. The Balaban J connectivity index is 1.63. The molecule has 0 radical (unpaired) electrons. The molecule has 4 nitrogen and oxygen atoms in total. The van der Waals surface area contributed by atoms with Crippen molar-refractivity contribution in [2.75, 3.05) is 11.9 Å². The van der Waals surface area contributed by atoms with Crippen molar-refractivity contribution in [2.45, 2.75) is 19.8 Å². The summed E-state index contributed by atoms with van der Waals surface area (Å²) in [6, 6.07) is 15.6. The summed E-state index contributed by atoms with van der Waals surface area (Å²) in [6.07, 6.45) is 5.35. The number of unbranched alkanes of at least 4 members (excludes halogenated alkanes) is 1. The number of amides is 1. The van der Waals surface area contributed by atoms with Gasteiger partial charge in [-0.15, -0.1) is 11.3 Å². The van der Waals surface area contributed by atoms with Crippen LogP contribution >= 0.6 is 27.3 Å².